The molecule has 0 aromatic heterocycles. The van der Waals surface area contributed by atoms with Crippen molar-refractivity contribution < 1.29 is 19.8 Å². The molecule has 0 rings (SSSR count). The van der Waals surface area contributed by atoms with Crippen LogP contribution in [0.5, 0.6) is 0 Å². The summed E-state index contributed by atoms with van der Waals surface area (Å²) in [5.74, 6) is -3.68. The van der Waals surface area contributed by atoms with E-state index >= 15 is 0 Å². The summed E-state index contributed by atoms with van der Waals surface area (Å²) in [6.45, 7) is 2.13. The molecule has 0 aromatic rings. The summed E-state index contributed by atoms with van der Waals surface area (Å²) in [6.07, 6.45) is 6.45. The molecular weight excluding hydrogens is 203 g/mol. The van der Waals surface area contributed by atoms with Gasteiger partial charge in [0.15, 0.2) is 5.92 Å². The van der Waals surface area contributed by atoms with E-state index in [0.29, 0.717) is 6.42 Å². The standard InChI is InChI=1S/C11H20O4.Li.H/c1-2-3-4-5-6-7-8-9(10(12)13)11(14)15;;/h9H,2-8H2,1H3,(H,12,13)(H,14,15);;. The Morgan fingerprint density at radius 3 is 1.81 bits per heavy atom. The summed E-state index contributed by atoms with van der Waals surface area (Å²) in [5.41, 5.74) is 0. The molecule has 0 aliphatic carbocycles. The Labute approximate surface area is 109 Å². The molecule has 0 bridgehead atoms. The molecule has 0 spiro atoms. The van der Waals surface area contributed by atoms with E-state index in [4.69, 9.17) is 10.2 Å². The summed E-state index contributed by atoms with van der Waals surface area (Å²) in [4.78, 5) is 21.1. The predicted molar refractivity (Wildman–Crippen MR) is 63.9 cm³/mol. The van der Waals surface area contributed by atoms with Crippen LogP contribution in [-0.4, -0.2) is 41.0 Å². The number of carbonyl (C=O) groups is 2. The van der Waals surface area contributed by atoms with Gasteiger partial charge < -0.3 is 10.2 Å². The summed E-state index contributed by atoms with van der Waals surface area (Å²) >= 11 is 0. The zero-order chi connectivity index (χ0) is 11.7. The monoisotopic (exact) mass is 224 g/mol. The second-order valence-electron chi connectivity index (χ2n) is 3.79. The quantitative estimate of drug-likeness (QED) is 0.356. The first kappa shape index (κ1) is 17.9. The molecule has 0 fully saturated rings. The number of carboxylic acids is 2. The Morgan fingerprint density at radius 1 is 0.938 bits per heavy atom. The van der Waals surface area contributed by atoms with Crippen molar-refractivity contribution in [3.8, 4) is 0 Å². The van der Waals surface area contributed by atoms with Gasteiger partial charge in [-0.3, -0.25) is 9.59 Å². The average molecular weight is 224 g/mol. The van der Waals surface area contributed by atoms with Crippen molar-refractivity contribution in [2.75, 3.05) is 0 Å². The summed E-state index contributed by atoms with van der Waals surface area (Å²) < 4.78 is 0. The van der Waals surface area contributed by atoms with Crippen molar-refractivity contribution in [1.82, 2.24) is 0 Å². The molecular formula is C11H21LiO4. The van der Waals surface area contributed by atoms with Crippen LogP contribution in [0, 0.1) is 5.92 Å². The number of hydrogen-bond donors (Lipinski definition) is 2. The van der Waals surface area contributed by atoms with Crippen LogP contribution in [0.15, 0.2) is 0 Å². The minimum atomic E-state index is -1.23. The van der Waals surface area contributed by atoms with Crippen molar-refractivity contribution in [1.29, 1.82) is 0 Å². The van der Waals surface area contributed by atoms with Crippen molar-refractivity contribution in [3.05, 3.63) is 0 Å². The zero-order valence-corrected chi connectivity index (χ0v) is 9.24. The van der Waals surface area contributed by atoms with E-state index in [0.717, 1.165) is 19.3 Å². The molecule has 2 N–H and O–H groups in total. The normalized spacial score (nSPS) is 9.88. The third kappa shape index (κ3) is 8.81. The summed E-state index contributed by atoms with van der Waals surface area (Å²) in [6, 6.07) is 0. The number of aliphatic carboxylic acids is 2. The van der Waals surface area contributed by atoms with Crippen LogP contribution >= 0.6 is 0 Å². The molecule has 0 radical (unpaired) electrons. The van der Waals surface area contributed by atoms with Gasteiger partial charge in [-0.1, -0.05) is 45.4 Å². The second kappa shape index (κ2) is 11.0. The van der Waals surface area contributed by atoms with Gasteiger partial charge in [0.1, 0.15) is 0 Å². The van der Waals surface area contributed by atoms with Crippen LogP contribution in [0.4, 0.5) is 0 Å². The van der Waals surface area contributed by atoms with E-state index in [1.807, 2.05) is 0 Å². The van der Waals surface area contributed by atoms with Gasteiger partial charge in [0.2, 0.25) is 0 Å². The summed E-state index contributed by atoms with van der Waals surface area (Å²) in [5, 5.41) is 17.2. The third-order valence-corrected chi connectivity index (χ3v) is 2.44. The van der Waals surface area contributed by atoms with Crippen molar-refractivity contribution >= 4 is 30.8 Å². The molecule has 0 aliphatic heterocycles. The van der Waals surface area contributed by atoms with Gasteiger partial charge in [0.05, 0.1) is 0 Å². The van der Waals surface area contributed by atoms with E-state index < -0.39 is 17.9 Å². The fraction of sp³-hybridized carbons (Fsp3) is 0.818. The maximum absolute atomic E-state index is 10.5. The Morgan fingerprint density at radius 2 is 1.38 bits per heavy atom. The SMILES string of the molecule is CCCCCCCCC(C(=O)O)C(=O)O.[LiH]. The first-order valence-electron chi connectivity index (χ1n) is 5.55. The topological polar surface area (TPSA) is 74.6 Å². The van der Waals surface area contributed by atoms with E-state index in [9.17, 15) is 9.59 Å². The molecule has 0 amide bonds. The Hall–Kier alpha value is -0.463. The Kier molecular flexibility index (Phi) is 12.4. The van der Waals surface area contributed by atoms with Gasteiger partial charge in [-0.15, -0.1) is 0 Å². The first-order chi connectivity index (χ1) is 7.09. The zero-order valence-electron chi connectivity index (χ0n) is 9.24. The Balaban J connectivity index is 0. The van der Waals surface area contributed by atoms with Crippen LogP contribution in [0.1, 0.15) is 51.9 Å². The van der Waals surface area contributed by atoms with Crippen LogP contribution < -0.4 is 0 Å². The molecule has 0 saturated heterocycles. The van der Waals surface area contributed by atoms with Crippen LogP contribution in [0.3, 0.4) is 0 Å². The molecule has 0 unspecified atom stereocenters. The average Bonchev–Trinajstić information content (AvgIpc) is 2.15. The maximum atomic E-state index is 10.5. The van der Waals surface area contributed by atoms with E-state index in [1.165, 1.54) is 12.8 Å². The van der Waals surface area contributed by atoms with E-state index in [-0.39, 0.29) is 25.3 Å². The number of rotatable bonds is 9. The summed E-state index contributed by atoms with van der Waals surface area (Å²) in [7, 11) is 0. The van der Waals surface area contributed by atoms with Gasteiger partial charge in [0, 0.05) is 0 Å². The molecule has 90 valence electrons. The predicted octanol–water partition coefficient (Wildman–Crippen LogP) is 1.87. The fourth-order valence-corrected chi connectivity index (χ4v) is 1.48. The van der Waals surface area contributed by atoms with E-state index in [2.05, 4.69) is 6.92 Å². The van der Waals surface area contributed by atoms with Crippen molar-refractivity contribution in [2.24, 2.45) is 5.92 Å². The third-order valence-electron chi connectivity index (χ3n) is 2.44. The molecule has 0 aliphatic rings. The molecule has 4 nitrogen and oxygen atoms in total. The fourth-order valence-electron chi connectivity index (χ4n) is 1.48. The molecule has 16 heavy (non-hydrogen) atoms. The van der Waals surface area contributed by atoms with Gasteiger partial charge in [-0.2, -0.15) is 0 Å². The minimum absolute atomic E-state index is 0. The van der Waals surface area contributed by atoms with Crippen LogP contribution in [0.2, 0.25) is 0 Å². The van der Waals surface area contributed by atoms with Gasteiger partial charge >= 0.3 is 30.8 Å². The first-order valence-corrected chi connectivity index (χ1v) is 5.55. The van der Waals surface area contributed by atoms with Crippen molar-refractivity contribution in [2.45, 2.75) is 51.9 Å². The number of hydrogen-bond acceptors (Lipinski definition) is 2. The molecule has 0 saturated carbocycles. The van der Waals surface area contributed by atoms with Crippen molar-refractivity contribution in [3.63, 3.8) is 0 Å². The van der Waals surface area contributed by atoms with Gasteiger partial charge in [-0.25, -0.2) is 0 Å². The molecule has 0 aromatic carbocycles. The molecule has 5 heteroatoms. The Bertz CT molecular complexity index is 192. The number of unbranched alkanes of at least 4 members (excludes halogenated alkanes) is 5. The van der Waals surface area contributed by atoms with Gasteiger partial charge in [-0.05, 0) is 6.42 Å². The molecule has 0 heterocycles. The molecule has 0 atom stereocenters. The van der Waals surface area contributed by atoms with E-state index in [1.54, 1.807) is 0 Å². The van der Waals surface area contributed by atoms with Gasteiger partial charge in [0.25, 0.3) is 0 Å². The number of carboxylic acid groups (broad SMARTS) is 2. The van der Waals surface area contributed by atoms with Crippen LogP contribution in [-0.2, 0) is 9.59 Å². The van der Waals surface area contributed by atoms with Crippen LogP contribution in [0.25, 0.3) is 0 Å². The second-order valence-corrected chi connectivity index (χ2v) is 3.79.